The van der Waals surface area contributed by atoms with Crippen molar-refractivity contribution in [3.05, 3.63) is 82.7 Å². The highest BCUT2D eigenvalue weighted by Crippen LogP contribution is 2.23. The van der Waals surface area contributed by atoms with Crippen molar-refractivity contribution < 1.29 is 9.53 Å². The molecule has 1 amide bonds. The van der Waals surface area contributed by atoms with Gasteiger partial charge in [-0.3, -0.25) is 4.79 Å². The molecule has 2 aromatic carbocycles. The number of ether oxygens (including phenoxy) is 1. The zero-order valence-corrected chi connectivity index (χ0v) is 20.7. The van der Waals surface area contributed by atoms with Crippen LogP contribution in [0.3, 0.4) is 0 Å². The van der Waals surface area contributed by atoms with Crippen molar-refractivity contribution in [1.82, 2.24) is 24.9 Å². The molecular weight excluding hydrogens is 460 g/mol. The average Bonchev–Trinajstić information content (AvgIpc) is 3.30. The molecule has 0 unspecified atom stereocenters. The molecule has 1 fully saturated rings. The zero-order valence-electron chi connectivity index (χ0n) is 19.9. The molecule has 180 valence electrons. The number of morpholine rings is 1. The molecule has 0 saturated carbocycles. The number of thioether (sulfide) groups is 1. The van der Waals surface area contributed by atoms with E-state index in [1.54, 1.807) is 4.52 Å². The summed E-state index contributed by atoms with van der Waals surface area (Å²) < 4.78 is 7.17. The van der Waals surface area contributed by atoms with Gasteiger partial charge in [-0.15, -0.1) is 5.10 Å². The maximum atomic E-state index is 13.0. The molecule has 5 rings (SSSR count). The van der Waals surface area contributed by atoms with Gasteiger partial charge in [0.15, 0.2) is 0 Å². The molecule has 4 aromatic rings. The van der Waals surface area contributed by atoms with Gasteiger partial charge in [0.1, 0.15) is 0 Å². The number of rotatable bonds is 7. The average molecular weight is 489 g/mol. The third-order valence-electron chi connectivity index (χ3n) is 5.98. The molecule has 1 aliphatic rings. The lowest BCUT2D eigenvalue weighted by molar-refractivity contribution is 0.0950. The number of fused-ring (bicyclic) bond motifs is 1. The number of carbonyl (C=O) groups is 1. The number of hydrogen-bond donors (Lipinski definition) is 1. The lowest BCUT2D eigenvalue weighted by atomic mass is 10.1. The zero-order chi connectivity index (χ0) is 24.2. The molecule has 0 aliphatic carbocycles. The molecule has 1 saturated heterocycles. The van der Waals surface area contributed by atoms with E-state index in [1.165, 1.54) is 17.4 Å². The summed E-state index contributed by atoms with van der Waals surface area (Å²) in [5.41, 5.74) is 5.76. The highest BCUT2D eigenvalue weighted by Gasteiger charge is 2.14. The number of aromatic nitrogens is 4. The fraction of sp³-hybridized carbons (Fsp3) is 0.308. The van der Waals surface area contributed by atoms with Gasteiger partial charge in [-0.05, 0) is 49.2 Å². The Bertz CT molecular complexity index is 1330. The van der Waals surface area contributed by atoms with Crippen LogP contribution in [-0.4, -0.2) is 51.8 Å². The number of hydrogen-bond acceptors (Lipinski definition) is 7. The van der Waals surface area contributed by atoms with Crippen LogP contribution in [0, 0.1) is 13.8 Å². The van der Waals surface area contributed by atoms with Gasteiger partial charge in [0.25, 0.3) is 11.7 Å². The lowest BCUT2D eigenvalue weighted by Crippen LogP contribution is -2.36. The first-order chi connectivity index (χ1) is 17.1. The van der Waals surface area contributed by atoms with E-state index in [2.05, 4.69) is 49.5 Å². The summed E-state index contributed by atoms with van der Waals surface area (Å²) >= 11 is 1.50. The highest BCUT2D eigenvalue weighted by molar-refractivity contribution is 7.98. The molecule has 35 heavy (non-hydrogen) atoms. The summed E-state index contributed by atoms with van der Waals surface area (Å²) in [6.07, 6.45) is 0. The maximum Gasteiger partial charge on any atom is 0.253 e. The van der Waals surface area contributed by atoms with E-state index in [4.69, 9.17) is 4.74 Å². The fourth-order valence-corrected chi connectivity index (χ4v) is 4.96. The number of aryl methyl sites for hydroxylation is 2. The summed E-state index contributed by atoms with van der Waals surface area (Å²) in [7, 11) is 0. The summed E-state index contributed by atoms with van der Waals surface area (Å²) in [5, 5.41) is 8.26. The van der Waals surface area contributed by atoms with Crippen LogP contribution in [0.5, 0.6) is 0 Å². The Hall–Kier alpha value is -3.43. The van der Waals surface area contributed by atoms with Gasteiger partial charge in [0.2, 0.25) is 5.16 Å². The Kier molecular flexibility index (Phi) is 6.96. The monoisotopic (exact) mass is 488 g/mol. The Morgan fingerprint density at radius 3 is 2.63 bits per heavy atom. The standard InChI is InChI=1S/C26H28N6O2S/c1-18-15-19(2)32-25(28-18)29-26(30-32)35-17-21-5-3-4-6-23(21)24(33)27-16-20-7-9-22(10-8-20)31-11-13-34-14-12-31/h3-10,15H,11-14,16-17H2,1-2H3,(H,27,33). The molecule has 0 atom stereocenters. The number of nitrogens with one attached hydrogen (secondary N) is 1. The first-order valence-corrected chi connectivity index (χ1v) is 12.7. The van der Waals surface area contributed by atoms with Gasteiger partial charge < -0.3 is 15.0 Å². The third-order valence-corrected chi connectivity index (χ3v) is 6.87. The first-order valence-electron chi connectivity index (χ1n) is 11.7. The predicted molar refractivity (Wildman–Crippen MR) is 137 cm³/mol. The largest absolute Gasteiger partial charge is 0.378 e. The van der Waals surface area contributed by atoms with E-state index in [9.17, 15) is 4.79 Å². The van der Waals surface area contributed by atoms with Crippen molar-refractivity contribution in [2.45, 2.75) is 31.3 Å². The first kappa shape index (κ1) is 23.3. The Labute approximate surface area is 208 Å². The number of anilines is 1. The van der Waals surface area contributed by atoms with E-state index in [0.717, 1.165) is 48.8 Å². The minimum atomic E-state index is -0.0884. The Balaban J connectivity index is 1.21. The van der Waals surface area contributed by atoms with Crippen molar-refractivity contribution in [1.29, 1.82) is 0 Å². The van der Waals surface area contributed by atoms with Gasteiger partial charge in [-0.25, -0.2) is 9.50 Å². The van der Waals surface area contributed by atoms with Gasteiger partial charge in [0.05, 0.1) is 13.2 Å². The third kappa shape index (κ3) is 5.47. The molecule has 0 spiro atoms. The van der Waals surface area contributed by atoms with E-state index >= 15 is 0 Å². The van der Waals surface area contributed by atoms with Crippen LogP contribution < -0.4 is 10.2 Å². The number of carbonyl (C=O) groups excluding carboxylic acids is 1. The Morgan fingerprint density at radius 2 is 1.83 bits per heavy atom. The topological polar surface area (TPSA) is 84.7 Å². The van der Waals surface area contributed by atoms with Gasteiger partial charge >= 0.3 is 0 Å². The summed E-state index contributed by atoms with van der Waals surface area (Å²) in [6.45, 7) is 7.75. The summed E-state index contributed by atoms with van der Waals surface area (Å²) in [6, 6.07) is 18.0. The van der Waals surface area contributed by atoms with Crippen molar-refractivity contribution in [3.8, 4) is 0 Å². The molecule has 9 heteroatoms. The van der Waals surface area contributed by atoms with Gasteiger partial charge in [-0.1, -0.05) is 42.1 Å². The fourth-order valence-electron chi connectivity index (χ4n) is 4.14. The molecule has 3 heterocycles. The quantitative estimate of drug-likeness (QED) is 0.396. The normalized spacial score (nSPS) is 13.8. The van der Waals surface area contributed by atoms with Crippen LogP contribution in [0.1, 0.15) is 32.9 Å². The molecule has 0 bridgehead atoms. The molecular formula is C26H28N6O2S. The number of benzene rings is 2. The molecule has 1 N–H and O–H groups in total. The van der Waals surface area contributed by atoms with Crippen LogP contribution in [0.15, 0.2) is 59.8 Å². The van der Waals surface area contributed by atoms with Crippen LogP contribution in [0.25, 0.3) is 5.78 Å². The van der Waals surface area contributed by atoms with Gasteiger partial charge in [0, 0.05) is 48.0 Å². The minimum Gasteiger partial charge on any atom is -0.378 e. The highest BCUT2D eigenvalue weighted by atomic mass is 32.2. The van der Waals surface area contributed by atoms with Crippen LogP contribution >= 0.6 is 11.8 Å². The van der Waals surface area contributed by atoms with Crippen LogP contribution in [0.2, 0.25) is 0 Å². The van der Waals surface area contributed by atoms with Crippen molar-refractivity contribution in [2.24, 2.45) is 0 Å². The number of amides is 1. The number of nitrogens with zero attached hydrogens (tertiary/aromatic N) is 5. The van der Waals surface area contributed by atoms with E-state index in [-0.39, 0.29) is 5.91 Å². The SMILES string of the molecule is Cc1cc(C)n2nc(SCc3ccccc3C(=O)NCc3ccc(N4CCOCC4)cc3)nc2n1. The predicted octanol–water partition coefficient (Wildman–Crippen LogP) is 3.80. The van der Waals surface area contributed by atoms with Crippen LogP contribution in [-0.2, 0) is 17.0 Å². The van der Waals surface area contributed by atoms with E-state index < -0.39 is 0 Å². The lowest BCUT2D eigenvalue weighted by Gasteiger charge is -2.28. The molecule has 8 nitrogen and oxygen atoms in total. The molecule has 1 aliphatic heterocycles. The molecule has 0 radical (unpaired) electrons. The van der Waals surface area contributed by atoms with E-state index in [1.807, 2.05) is 44.2 Å². The Morgan fingerprint density at radius 1 is 1.06 bits per heavy atom. The summed E-state index contributed by atoms with van der Waals surface area (Å²) in [5.74, 6) is 1.09. The molecule has 2 aromatic heterocycles. The van der Waals surface area contributed by atoms with Crippen LogP contribution in [0.4, 0.5) is 5.69 Å². The van der Waals surface area contributed by atoms with Crippen molar-refractivity contribution in [3.63, 3.8) is 0 Å². The van der Waals surface area contributed by atoms with Crippen molar-refractivity contribution in [2.75, 3.05) is 31.2 Å². The summed E-state index contributed by atoms with van der Waals surface area (Å²) in [4.78, 5) is 24.3. The second kappa shape index (κ2) is 10.5. The van der Waals surface area contributed by atoms with E-state index in [0.29, 0.717) is 28.8 Å². The second-order valence-electron chi connectivity index (χ2n) is 8.54. The second-order valence-corrected chi connectivity index (χ2v) is 9.48. The smallest absolute Gasteiger partial charge is 0.253 e. The van der Waals surface area contributed by atoms with Crippen molar-refractivity contribution >= 4 is 29.1 Å². The minimum absolute atomic E-state index is 0.0884. The van der Waals surface area contributed by atoms with Gasteiger partial charge in [-0.2, -0.15) is 4.98 Å². The maximum absolute atomic E-state index is 13.0.